The van der Waals surface area contributed by atoms with Gasteiger partial charge in [0.15, 0.2) is 0 Å². The summed E-state index contributed by atoms with van der Waals surface area (Å²) in [7, 11) is 0. The third-order valence-electron chi connectivity index (χ3n) is 4.27. The average Bonchev–Trinajstić information content (AvgIpc) is 2.61. The summed E-state index contributed by atoms with van der Waals surface area (Å²) >= 11 is 0. The van der Waals surface area contributed by atoms with Gasteiger partial charge in [-0.3, -0.25) is 9.59 Å². The molecule has 1 amide bonds. The molecule has 0 saturated heterocycles. The molecule has 1 saturated carbocycles. The SMILES string of the molecule is [CH2]Cc1ccccc1NCC(=O)OCCC(=O)NC1CCCCC1. The fourth-order valence-electron chi connectivity index (χ4n) is 2.93. The molecule has 0 aromatic heterocycles. The first-order valence-electron chi connectivity index (χ1n) is 8.75. The summed E-state index contributed by atoms with van der Waals surface area (Å²) in [6, 6.07) is 8.02. The summed E-state index contributed by atoms with van der Waals surface area (Å²) in [5, 5.41) is 6.07. The molecule has 1 fully saturated rings. The number of amides is 1. The maximum atomic E-state index is 11.8. The van der Waals surface area contributed by atoms with Crippen LogP contribution >= 0.6 is 0 Å². The van der Waals surface area contributed by atoms with E-state index in [2.05, 4.69) is 17.6 Å². The van der Waals surface area contributed by atoms with Crippen LogP contribution in [0.25, 0.3) is 0 Å². The summed E-state index contributed by atoms with van der Waals surface area (Å²) in [4.78, 5) is 23.6. The van der Waals surface area contributed by atoms with Crippen molar-refractivity contribution in [2.75, 3.05) is 18.5 Å². The van der Waals surface area contributed by atoms with Gasteiger partial charge in [0.1, 0.15) is 13.2 Å². The molecule has 0 bridgehead atoms. The van der Waals surface area contributed by atoms with Crippen LogP contribution in [0.15, 0.2) is 24.3 Å². The Morgan fingerprint density at radius 3 is 2.67 bits per heavy atom. The number of anilines is 1. The van der Waals surface area contributed by atoms with E-state index in [1.165, 1.54) is 19.3 Å². The lowest BCUT2D eigenvalue weighted by Gasteiger charge is -2.22. The van der Waals surface area contributed by atoms with Crippen molar-refractivity contribution in [2.45, 2.75) is 51.0 Å². The van der Waals surface area contributed by atoms with E-state index in [9.17, 15) is 9.59 Å². The van der Waals surface area contributed by atoms with E-state index in [1.807, 2.05) is 24.3 Å². The summed E-state index contributed by atoms with van der Waals surface area (Å²) in [5.41, 5.74) is 1.94. The molecule has 5 nitrogen and oxygen atoms in total. The molecule has 2 rings (SSSR count). The molecular formula is C19H27N2O3. The van der Waals surface area contributed by atoms with Crippen molar-refractivity contribution in [1.82, 2.24) is 5.32 Å². The van der Waals surface area contributed by atoms with Gasteiger partial charge in [-0.2, -0.15) is 0 Å². The molecule has 0 aliphatic heterocycles. The van der Waals surface area contributed by atoms with Crippen LogP contribution in [0.3, 0.4) is 0 Å². The molecule has 2 N–H and O–H groups in total. The van der Waals surface area contributed by atoms with Gasteiger partial charge < -0.3 is 15.4 Å². The Bertz CT molecular complexity index is 539. The van der Waals surface area contributed by atoms with Crippen LogP contribution in [-0.4, -0.2) is 31.1 Å². The maximum Gasteiger partial charge on any atom is 0.325 e. The molecule has 131 valence electrons. The van der Waals surface area contributed by atoms with Gasteiger partial charge in [-0.15, -0.1) is 0 Å². The number of nitrogens with one attached hydrogen (secondary N) is 2. The second kappa shape index (κ2) is 9.96. The largest absolute Gasteiger partial charge is 0.464 e. The van der Waals surface area contributed by atoms with Crippen LogP contribution < -0.4 is 10.6 Å². The number of ether oxygens (including phenoxy) is 1. The first-order valence-corrected chi connectivity index (χ1v) is 8.75. The van der Waals surface area contributed by atoms with Gasteiger partial charge in [0, 0.05) is 11.7 Å². The first kappa shape index (κ1) is 18.3. The van der Waals surface area contributed by atoms with E-state index in [0.717, 1.165) is 24.1 Å². The second-order valence-electron chi connectivity index (χ2n) is 6.13. The number of esters is 1. The molecule has 1 radical (unpaired) electrons. The average molecular weight is 331 g/mol. The zero-order valence-corrected chi connectivity index (χ0v) is 14.2. The normalized spacial score (nSPS) is 14.9. The lowest BCUT2D eigenvalue weighted by molar-refractivity contribution is -0.142. The third-order valence-corrected chi connectivity index (χ3v) is 4.27. The van der Waals surface area contributed by atoms with E-state index in [4.69, 9.17) is 4.74 Å². The Morgan fingerprint density at radius 1 is 1.17 bits per heavy atom. The van der Waals surface area contributed by atoms with E-state index >= 15 is 0 Å². The topological polar surface area (TPSA) is 67.4 Å². The minimum atomic E-state index is -0.362. The highest BCUT2D eigenvalue weighted by Gasteiger charge is 2.15. The molecule has 5 heteroatoms. The monoisotopic (exact) mass is 331 g/mol. The van der Waals surface area contributed by atoms with Crippen LogP contribution in [0.1, 0.15) is 44.1 Å². The van der Waals surface area contributed by atoms with Crippen molar-refractivity contribution in [3.05, 3.63) is 36.8 Å². The molecule has 1 aliphatic rings. The predicted molar refractivity (Wildman–Crippen MR) is 94.6 cm³/mol. The lowest BCUT2D eigenvalue weighted by atomic mass is 9.95. The van der Waals surface area contributed by atoms with E-state index < -0.39 is 0 Å². The van der Waals surface area contributed by atoms with Crippen LogP contribution in [0.5, 0.6) is 0 Å². The number of hydrogen-bond acceptors (Lipinski definition) is 4. The van der Waals surface area contributed by atoms with Gasteiger partial charge in [0.05, 0.1) is 6.42 Å². The van der Waals surface area contributed by atoms with Gasteiger partial charge in [-0.25, -0.2) is 0 Å². The molecular weight excluding hydrogens is 304 g/mol. The van der Waals surface area contributed by atoms with Gasteiger partial charge in [0.2, 0.25) is 5.91 Å². The summed E-state index contributed by atoms with van der Waals surface area (Å²) in [6.45, 7) is 4.07. The fraction of sp³-hybridized carbons (Fsp3) is 0.526. The smallest absolute Gasteiger partial charge is 0.325 e. The highest BCUT2D eigenvalue weighted by atomic mass is 16.5. The van der Waals surface area contributed by atoms with Crippen molar-refractivity contribution in [1.29, 1.82) is 0 Å². The van der Waals surface area contributed by atoms with Gasteiger partial charge >= 0.3 is 5.97 Å². The zero-order chi connectivity index (χ0) is 17.2. The summed E-state index contributed by atoms with van der Waals surface area (Å²) in [5.74, 6) is -0.399. The van der Waals surface area contributed by atoms with Crippen molar-refractivity contribution in [3.63, 3.8) is 0 Å². The van der Waals surface area contributed by atoms with Crippen LogP contribution in [0, 0.1) is 6.92 Å². The Morgan fingerprint density at radius 2 is 1.92 bits per heavy atom. The number of benzene rings is 1. The Hall–Kier alpha value is -2.04. The number of para-hydroxylation sites is 1. The molecule has 24 heavy (non-hydrogen) atoms. The maximum absolute atomic E-state index is 11.8. The van der Waals surface area contributed by atoms with E-state index in [1.54, 1.807) is 0 Å². The zero-order valence-electron chi connectivity index (χ0n) is 14.2. The van der Waals surface area contributed by atoms with Crippen molar-refractivity contribution in [3.8, 4) is 0 Å². The Labute approximate surface area is 144 Å². The molecule has 1 aliphatic carbocycles. The highest BCUT2D eigenvalue weighted by Crippen LogP contribution is 2.17. The molecule has 1 aromatic carbocycles. The molecule has 0 unspecified atom stereocenters. The molecule has 1 aromatic rings. The van der Waals surface area contributed by atoms with Gasteiger partial charge in [-0.1, -0.05) is 37.5 Å². The lowest BCUT2D eigenvalue weighted by Crippen LogP contribution is -2.36. The van der Waals surface area contributed by atoms with E-state index in [-0.39, 0.29) is 31.4 Å². The van der Waals surface area contributed by atoms with Crippen molar-refractivity contribution in [2.24, 2.45) is 0 Å². The standard InChI is InChI=1S/C19H27N2O3/c1-2-15-8-6-7-11-17(15)20-14-19(23)24-13-12-18(22)21-16-9-4-3-5-10-16/h6-8,11,16,20H,1-5,9-10,12-14H2,(H,21,22). The molecule has 0 atom stereocenters. The Kier molecular flexibility index (Phi) is 7.59. The first-order chi connectivity index (χ1) is 11.7. The van der Waals surface area contributed by atoms with Gasteiger partial charge in [0.25, 0.3) is 0 Å². The van der Waals surface area contributed by atoms with E-state index in [0.29, 0.717) is 12.5 Å². The van der Waals surface area contributed by atoms with Crippen molar-refractivity contribution >= 4 is 17.6 Å². The van der Waals surface area contributed by atoms with Crippen LogP contribution in [-0.2, 0) is 20.7 Å². The number of carbonyl (C=O) groups excluding carboxylic acids is 2. The molecule has 0 spiro atoms. The summed E-state index contributed by atoms with van der Waals surface area (Å²) < 4.78 is 5.12. The quantitative estimate of drug-likeness (QED) is 0.719. The predicted octanol–water partition coefficient (Wildman–Crippen LogP) is 2.86. The highest BCUT2D eigenvalue weighted by molar-refractivity contribution is 5.78. The molecule has 0 heterocycles. The minimum absolute atomic E-state index is 0.0370. The number of rotatable bonds is 8. The summed E-state index contributed by atoms with van der Waals surface area (Å²) in [6.07, 6.45) is 6.61. The van der Waals surface area contributed by atoms with Crippen LogP contribution in [0.4, 0.5) is 5.69 Å². The van der Waals surface area contributed by atoms with Gasteiger partial charge in [-0.05, 0) is 37.8 Å². The van der Waals surface area contributed by atoms with Crippen molar-refractivity contribution < 1.29 is 14.3 Å². The number of carbonyl (C=O) groups is 2. The Balaban J connectivity index is 1.61. The minimum Gasteiger partial charge on any atom is -0.464 e. The fourth-order valence-corrected chi connectivity index (χ4v) is 2.93. The van der Waals surface area contributed by atoms with Crippen LogP contribution in [0.2, 0.25) is 0 Å². The second-order valence-corrected chi connectivity index (χ2v) is 6.13. The third kappa shape index (κ3) is 6.22. The number of hydrogen-bond donors (Lipinski definition) is 2.